The minimum atomic E-state index is -0.890. The summed E-state index contributed by atoms with van der Waals surface area (Å²) in [6.07, 6.45) is 0.291. The highest BCUT2D eigenvalue weighted by Crippen LogP contribution is 2.13. The predicted octanol–water partition coefficient (Wildman–Crippen LogP) is -5.47. The molecule has 1 atom stereocenters. The van der Waals surface area contributed by atoms with Gasteiger partial charge in [-0.15, -0.1) is 0 Å². The fourth-order valence-electron chi connectivity index (χ4n) is 1.56. The van der Waals surface area contributed by atoms with Gasteiger partial charge in [-0.25, -0.2) is 0 Å². The molecular formula is C9H22O7Si6. The molecular weight excluding hydrogens is 389 g/mol. The summed E-state index contributed by atoms with van der Waals surface area (Å²) in [7, 11) is -3.29. The second kappa shape index (κ2) is 11.6. The van der Waals surface area contributed by atoms with Crippen LogP contribution in [0.25, 0.3) is 0 Å². The van der Waals surface area contributed by atoms with E-state index in [1.54, 1.807) is 0 Å². The van der Waals surface area contributed by atoms with Gasteiger partial charge in [-0.1, -0.05) is 12.1 Å². The topological polar surface area (TPSA) is 67.9 Å². The summed E-state index contributed by atoms with van der Waals surface area (Å²) in [6.45, 7) is 1.46. The van der Waals surface area contributed by atoms with Gasteiger partial charge in [0, 0.05) is 0 Å². The van der Waals surface area contributed by atoms with Crippen LogP contribution < -0.4 is 9.92 Å². The number of rotatable bonds is 13. The molecule has 13 heteroatoms. The quantitative estimate of drug-likeness (QED) is 0.183. The van der Waals surface area contributed by atoms with Crippen LogP contribution in [0.2, 0.25) is 0 Å². The number of hydrogen-bond donors (Lipinski definition) is 0. The second-order valence-corrected chi connectivity index (χ2v) is 15.5. The summed E-state index contributed by atoms with van der Waals surface area (Å²) in [6, 6.07) is 8.10. The Balaban J connectivity index is 1.46. The Bertz CT molecular complexity index is 406. The van der Waals surface area contributed by atoms with Crippen molar-refractivity contribution in [1.82, 2.24) is 0 Å². The van der Waals surface area contributed by atoms with Crippen LogP contribution in [-0.4, -0.2) is 79.6 Å². The fourth-order valence-corrected chi connectivity index (χ4v) is 10.8. The molecule has 22 heavy (non-hydrogen) atoms. The predicted molar refractivity (Wildman–Crippen MR) is 99.4 cm³/mol. The summed E-state index contributed by atoms with van der Waals surface area (Å²) in [5, 5.41) is 1.25. The molecule has 1 heterocycles. The van der Waals surface area contributed by atoms with E-state index in [1.165, 1.54) is 5.19 Å². The lowest BCUT2D eigenvalue weighted by molar-refractivity contribution is 0.263. The highest BCUT2D eigenvalue weighted by atomic mass is 28.4. The minimum Gasteiger partial charge on any atom is -0.491 e. The van der Waals surface area contributed by atoms with E-state index < -0.39 is 49.8 Å². The lowest BCUT2D eigenvalue weighted by Crippen LogP contribution is -2.23. The Hall–Kier alpha value is 0.0813. The lowest BCUT2D eigenvalue weighted by atomic mass is 10.3. The fraction of sp³-hybridized carbons (Fsp3) is 0.333. The van der Waals surface area contributed by atoms with E-state index >= 15 is 0 Å². The Labute approximate surface area is 145 Å². The minimum absolute atomic E-state index is 0.291. The van der Waals surface area contributed by atoms with Crippen LogP contribution in [0.4, 0.5) is 0 Å². The monoisotopic (exact) mass is 410 g/mol. The molecule has 0 aliphatic carbocycles. The SMILES string of the molecule is [SiH3]O[SiH2]O[SiH2]O[SiH2]O[SiH2]O[SiH2]c1ccc(OCC2CO2)cc1. The van der Waals surface area contributed by atoms with Gasteiger partial charge in [-0.3, -0.25) is 0 Å². The van der Waals surface area contributed by atoms with Gasteiger partial charge >= 0.3 is 0 Å². The summed E-state index contributed by atoms with van der Waals surface area (Å²) in [5.74, 6) is 0.884. The van der Waals surface area contributed by atoms with Crippen molar-refractivity contribution in [2.75, 3.05) is 13.2 Å². The standard InChI is InChI=1S/C9H22O7Si6/c17-12-19-14-21-16-22-15-20-13-18-9-3-1-7(2-4-9)10-5-8-6-11-8/h1-4,8H,5-6,18-22H2,17H3. The maximum Gasteiger partial charge on any atom is 0.286 e. The average molecular weight is 411 g/mol. The van der Waals surface area contributed by atoms with E-state index in [9.17, 15) is 0 Å². The third-order valence-electron chi connectivity index (χ3n) is 2.73. The maximum atomic E-state index is 5.71. The van der Waals surface area contributed by atoms with Gasteiger partial charge in [0.25, 0.3) is 40.0 Å². The van der Waals surface area contributed by atoms with Gasteiger partial charge in [0.05, 0.1) is 6.61 Å². The van der Waals surface area contributed by atoms with Crippen molar-refractivity contribution in [2.45, 2.75) is 6.10 Å². The molecule has 0 radical (unpaired) electrons. The molecule has 1 aromatic carbocycles. The van der Waals surface area contributed by atoms with E-state index in [0.717, 1.165) is 22.8 Å². The van der Waals surface area contributed by atoms with Gasteiger partial charge in [0.2, 0.25) is 0 Å². The van der Waals surface area contributed by atoms with Crippen LogP contribution in [0.15, 0.2) is 24.3 Å². The van der Waals surface area contributed by atoms with Crippen LogP contribution in [0.3, 0.4) is 0 Å². The van der Waals surface area contributed by atoms with Crippen molar-refractivity contribution < 1.29 is 30.0 Å². The average Bonchev–Trinajstić information content (AvgIpc) is 3.37. The molecule has 0 bridgehead atoms. The smallest absolute Gasteiger partial charge is 0.286 e. The Morgan fingerprint density at radius 3 is 2.27 bits per heavy atom. The molecule has 1 fully saturated rings. The van der Waals surface area contributed by atoms with Crippen LogP contribution in [-0.2, 0) is 25.3 Å². The first-order chi connectivity index (χ1) is 10.9. The van der Waals surface area contributed by atoms with Crippen molar-refractivity contribution in [2.24, 2.45) is 0 Å². The Morgan fingerprint density at radius 2 is 1.64 bits per heavy atom. The largest absolute Gasteiger partial charge is 0.491 e. The molecule has 0 N–H and O–H groups in total. The van der Waals surface area contributed by atoms with E-state index in [-0.39, 0.29) is 0 Å². The molecule has 0 amide bonds. The molecule has 0 spiro atoms. The van der Waals surface area contributed by atoms with Crippen LogP contribution in [0.5, 0.6) is 5.75 Å². The molecule has 0 aromatic heterocycles. The van der Waals surface area contributed by atoms with Crippen molar-refractivity contribution in [3.8, 4) is 5.75 Å². The van der Waals surface area contributed by atoms with Crippen LogP contribution in [0.1, 0.15) is 0 Å². The van der Waals surface area contributed by atoms with E-state index in [4.69, 9.17) is 30.0 Å². The molecule has 1 unspecified atom stereocenters. The Morgan fingerprint density at radius 1 is 1.00 bits per heavy atom. The first-order valence-electron chi connectivity index (χ1n) is 7.01. The molecule has 1 aliphatic heterocycles. The van der Waals surface area contributed by atoms with Gasteiger partial charge in [-0.2, -0.15) is 0 Å². The summed E-state index contributed by atoms with van der Waals surface area (Å²) < 4.78 is 37.6. The van der Waals surface area contributed by atoms with Crippen LogP contribution in [0, 0.1) is 0 Å². The third-order valence-corrected chi connectivity index (χ3v) is 9.96. The van der Waals surface area contributed by atoms with Crippen molar-refractivity contribution in [3.05, 3.63) is 24.3 Å². The normalized spacial score (nSPS) is 19.5. The number of ether oxygens (including phenoxy) is 2. The Kier molecular flexibility index (Phi) is 9.71. The third kappa shape index (κ3) is 8.65. The molecule has 124 valence electrons. The molecule has 1 saturated heterocycles. The van der Waals surface area contributed by atoms with Gasteiger partial charge < -0.3 is 30.0 Å². The summed E-state index contributed by atoms with van der Waals surface area (Å²) >= 11 is 0. The molecule has 1 aliphatic rings. The van der Waals surface area contributed by atoms with Gasteiger partial charge in [-0.05, 0) is 17.3 Å². The van der Waals surface area contributed by atoms with Crippen molar-refractivity contribution in [1.29, 1.82) is 0 Å². The lowest BCUT2D eigenvalue weighted by Gasteiger charge is -2.08. The molecule has 7 nitrogen and oxygen atoms in total. The number of hydrogen-bond acceptors (Lipinski definition) is 7. The first-order valence-corrected chi connectivity index (χ1v) is 13.7. The first kappa shape index (κ1) is 18.4. The summed E-state index contributed by atoms with van der Waals surface area (Å²) in [4.78, 5) is 0. The van der Waals surface area contributed by atoms with E-state index in [0.29, 0.717) is 12.7 Å². The van der Waals surface area contributed by atoms with Gasteiger partial charge in [0.15, 0.2) is 9.76 Å². The summed E-state index contributed by atoms with van der Waals surface area (Å²) in [5.41, 5.74) is 0. The van der Waals surface area contributed by atoms with E-state index in [2.05, 4.69) is 12.1 Å². The second-order valence-electron chi connectivity index (χ2n) is 4.63. The van der Waals surface area contributed by atoms with Crippen LogP contribution >= 0.6 is 0 Å². The number of benzene rings is 1. The van der Waals surface area contributed by atoms with Crippen molar-refractivity contribution >= 4 is 65.5 Å². The zero-order valence-corrected chi connectivity index (χ0v) is 21.8. The van der Waals surface area contributed by atoms with Crippen molar-refractivity contribution in [3.63, 3.8) is 0 Å². The molecule has 0 saturated carbocycles. The molecule has 1 aromatic rings. The number of epoxide rings is 1. The maximum absolute atomic E-state index is 5.71. The zero-order chi connectivity index (χ0) is 15.5. The zero-order valence-electron chi connectivity index (χ0n) is 12.7. The van der Waals surface area contributed by atoms with E-state index in [1.807, 2.05) is 12.1 Å². The highest BCUT2D eigenvalue weighted by Gasteiger charge is 2.22. The highest BCUT2D eigenvalue weighted by molar-refractivity contribution is 6.54. The molecule has 2 rings (SSSR count). The van der Waals surface area contributed by atoms with Gasteiger partial charge in [0.1, 0.15) is 28.9 Å².